The molecule has 0 bridgehead atoms. The first-order valence-electron chi connectivity index (χ1n) is 3.89. The molecule has 0 unspecified atom stereocenters. The lowest BCUT2D eigenvalue weighted by Gasteiger charge is -2.17. The Kier molecular flexibility index (Phi) is 2.79. The summed E-state index contributed by atoms with van der Waals surface area (Å²) in [6.07, 6.45) is 0. The predicted molar refractivity (Wildman–Crippen MR) is 51.8 cm³/mol. The quantitative estimate of drug-likeness (QED) is 0.727. The van der Waals surface area contributed by atoms with E-state index in [4.69, 9.17) is 21.6 Å². The molecule has 1 aromatic rings. The summed E-state index contributed by atoms with van der Waals surface area (Å²) in [4.78, 5) is 0. The van der Waals surface area contributed by atoms with Crippen LogP contribution in [0.3, 0.4) is 0 Å². The van der Waals surface area contributed by atoms with E-state index in [2.05, 4.69) is 0 Å². The molecule has 0 aliphatic heterocycles. The van der Waals surface area contributed by atoms with Crippen molar-refractivity contribution in [2.75, 3.05) is 0 Å². The molecule has 0 heterocycles. The molecule has 2 nitrogen and oxygen atoms in total. The van der Waals surface area contributed by atoms with Gasteiger partial charge in [0.1, 0.15) is 11.8 Å². The highest BCUT2D eigenvalue weighted by molar-refractivity contribution is 6.30. The zero-order valence-electron chi connectivity index (χ0n) is 7.54. The average molecular weight is 196 g/mol. The minimum atomic E-state index is -0.815. The molecular weight excluding hydrogens is 186 g/mol. The third-order valence-corrected chi connectivity index (χ3v) is 1.67. The van der Waals surface area contributed by atoms with Crippen LogP contribution in [0.1, 0.15) is 13.8 Å². The van der Waals surface area contributed by atoms with E-state index in [-0.39, 0.29) is 0 Å². The maximum Gasteiger partial charge on any atom is 0.188 e. The molecule has 0 aromatic heterocycles. The zero-order chi connectivity index (χ0) is 9.90. The molecule has 0 aliphatic carbocycles. The van der Waals surface area contributed by atoms with E-state index >= 15 is 0 Å². The van der Waals surface area contributed by atoms with E-state index in [0.717, 1.165) is 0 Å². The molecule has 68 valence electrons. The van der Waals surface area contributed by atoms with Crippen molar-refractivity contribution in [3.05, 3.63) is 29.3 Å². The summed E-state index contributed by atoms with van der Waals surface area (Å²) in [6.45, 7) is 3.40. The molecule has 0 saturated heterocycles. The van der Waals surface area contributed by atoms with Crippen molar-refractivity contribution in [1.29, 1.82) is 5.26 Å². The number of halogens is 1. The number of nitrogens with zero attached hydrogens (tertiary/aromatic N) is 1. The second-order valence-corrected chi connectivity index (χ2v) is 3.62. The van der Waals surface area contributed by atoms with Crippen LogP contribution in [0.15, 0.2) is 24.3 Å². The summed E-state index contributed by atoms with van der Waals surface area (Å²) in [7, 11) is 0. The van der Waals surface area contributed by atoms with E-state index in [1.54, 1.807) is 38.1 Å². The van der Waals surface area contributed by atoms with Crippen molar-refractivity contribution in [1.82, 2.24) is 0 Å². The van der Waals surface area contributed by atoms with Gasteiger partial charge < -0.3 is 4.74 Å². The van der Waals surface area contributed by atoms with Gasteiger partial charge in [-0.1, -0.05) is 17.7 Å². The van der Waals surface area contributed by atoms with Crippen LogP contribution in [-0.4, -0.2) is 5.60 Å². The Labute approximate surface area is 82.7 Å². The average Bonchev–Trinajstić information content (AvgIpc) is 2.03. The van der Waals surface area contributed by atoms with Gasteiger partial charge in [-0.2, -0.15) is 5.26 Å². The summed E-state index contributed by atoms with van der Waals surface area (Å²) in [5, 5.41) is 9.32. The van der Waals surface area contributed by atoms with Crippen LogP contribution in [0.4, 0.5) is 0 Å². The van der Waals surface area contributed by atoms with Gasteiger partial charge in [0.15, 0.2) is 5.60 Å². The molecule has 0 saturated carbocycles. The second kappa shape index (κ2) is 3.68. The molecule has 3 heteroatoms. The maximum atomic E-state index is 8.72. The van der Waals surface area contributed by atoms with Crippen LogP contribution in [0.5, 0.6) is 5.75 Å². The Morgan fingerprint density at radius 3 is 2.69 bits per heavy atom. The van der Waals surface area contributed by atoms with E-state index in [1.807, 2.05) is 6.07 Å². The zero-order valence-corrected chi connectivity index (χ0v) is 8.30. The SMILES string of the molecule is CC(C)(C#N)Oc1cccc(Cl)c1. The second-order valence-electron chi connectivity index (χ2n) is 3.18. The van der Waals surface area contributed by atoms with Crippen LogP contribution >= 0.6 is 11.6 Å². The minimum absolute atomic E-state index is 0.603. The Morgan fingerprint density at radius 1 is 1.46 bits per heavy atom. The Bertz CT molecular complexity index is 341. The molecule has 0 amide bonds. The van der Waals surface area contributed by atoms with E-state index < -0.39 is 5.60 Å². The maximum absolute atomic E-state index is 8.72. The topological polar surface area (TPSA) is 33.0 Å². The van der Waals surface area contributed by atoms with Gasteiger partial charge in [-0.05, 0) is 32.0 Å². The van der Waals surface area contributed by atoms with E-state index in [1.165, 1.54) is 0 Å². The molecular formula is C10H10ClNO. The first-order chi connectivity index (χ1) is 6.03. The third kappa shape index (κ3) is 2.96. The number of hydrogen-bond donors (Lipinski definition) is 0. The monoisotopic (exact) mass is 195 g/mol. The molecule has 0 atom stereocenters. The Hall–Kier alpha value is -1.20. The van der Waals surface area contributed by atoms with Gasteiger partial charge in [0.2, 0.25) is 0 Å². The lowest BCUT2D eigenvalue weighted by molar-refractivity contribution is 0.170. The first kappa shape index (κ1) is 9.88. The fourth-order valence-electron chi connectivity index (χ4n) is 0.848. The van der Waals surface area contributed by atoms with E-state index in [9.17, 15) is 0 Å². The molecule has 0 aliphatic rings. The molecule has 0 fully saturated rings. The van der Waals surface area contributed by atoms with Crippen molar-refractivity contribution in [3.63, 3.8) is 0 Å². The highest BCUT2D eigenvalue weighted by atomic mass is 35.5. The van der Waals surface area contributed by atoms with Crippen molar-refractivity contribution < 1.29 is 4.74 Å². The summed E-state index contributed by atoms with van der Waals surface area (Å²) < 4.78 is 5.39. The molecule has 0 spiro atoms. The molecule has 13 heavy (non-hydrogen) atoms. The van der Waals surface area contributed by atoms with Crippen LogP contribution in [0.25, 0.3) is 0 Å². The first-order valence-corrected chi connectivity index (χ1v) is 4.27. The van der Waals surface area contributed by atoms with Crippen LogP contribution < -0.4 is 4.74 Å². The van der Waals surface area contributed by atoms with Crippen LogP contribution in [-0.2, 0) is 0 Å². The summed E-state index contributed by atoms with van der Waals surface area (Å²) >= 11 is 5.75. The smallest absolute Gasteiger partial charge is 0.188 e. The number of ether oxygens (including phenoxy) is 1. The molecule has 0 N–H and O–H groups in total. The van der Waals surface area contributed by atoms with Crippen LogP contribution in [0, 0.1) is 11.3 Å². The normalized spacial score (nSPS) is 10.6. The fourth-order valence-corrected chi connectivity index (χ4v) is 1.03. The van der Waals surface area contributed by atoms with Crippen LogP contribution in [0.2, 0.25) is 5.02 Å². The van der Waals surface area contributed by atoms with E-state index in [0.29, 0.717) is 10.8 Å². The van der Waals surface area contributed by atoms with Crippen molar-refractivity contribution in [3.8, 4) is 11.8 Å². The van der Waals surface area contributed by atoms with Crippen molar-refractivity contribution in [2.24, 2.45) is 0 Å². The Morgan fingerprint density at radius 2 is 2.15 bits per heavy atom. The fraction of sp³-hybridized carbons (Fsp3) is 0.300. The minimum Gasteiger partial charge on any atom is -0.473 e. The molecule has 0 radical (unpaired) electrons. The number of hydrogen-bond acceptors (Lipinski definition) is 2. The highest BCUT2D eigenvalue weighted by Crippen LogP contribution is 2.21. The summed E-state index contributed by atoms with van der Waals surface area (Å²) in [6, 6.07) is 9.03. The number of nitriles is 1. The van der Waals surface area contributed by atoms with Gasteiger partial charge in [0.05, 0.1) is 0 Å². The predicted octanol–water partition coefficient (Wildman–Crippen LogP) is 3.02. The number of rotatable bonds is 2. The molecule has 1 aromatic carbocycles. The largest absolute Gasteiger partial charge is 0.473 e. The molecule has 1 rings (SSSR count). The van der Waals surface area contributed by atoms with Gasteiger partial charge >= 0.3 is 0 Å². The van der Waals surface area contributed by atoms with Gasteiger partial charge in [0.25, 0.3) is 0 Å². The van der Waals surface area contributed by atoms with Crippen molar-refractivity contribution >= 4 is 11.6 Å². The Balaban J connectivity index is 2.82. The lowest BCUT2D eigenvalue weighted by atomic mass is 10.2. The highest BCUT2D eigenvalue weighted by Gasteiger charge is 2.17. The lowest BCUT2D eigenvalue weighted by Crippen LogP contribution is -2.25. The summed E-state index contributed by atoms with van der Waals surface area (Å²) in [5.41, 5.74) is -0.815. The van der Waals surface area contributed by atoms with Gasteiger partial charge in [-0.15, -0.1) is 0 Å². The number of benzene rings is 1. The van der Waals surface area contributed by atoms with Crippen molar-refractivity contribution in [2.45, 2.75) is 19.4 Å². The third-order valence-electron chi connectivity index (χ3n) is 1.44. The van der Waals surface area contributed by atoms with Gasteiger partial charge in [-0.25, -0.2) is 0 Å². The van der Waals surface area contributed by atoms with Gasteiger partial charge in [0, 0.05) is 5.02 Å². The van der Waals surface area contributed by atoms with Gasteiger partial charge in [-0.3, -0.25) is 0 Å². The standard InChI is InChI=1S/C10H10ClNO/c1-10(2,7-12)13-9-5-3-4-8(11)6-9/h3-6H,1-2H3. The summed E-state index contributed by atoms with van der Waals surface area (Å²) in [5.74, 6) is 0.610.